The zero-order valence-corrected chi connectivity index (χ0v) is 17.5. The van der Waals surface area contributed by atoms with E-state index in [4.69, 9.17) is 9.15 Å². The molecule has 3 nitrogen and oxygen atoms in total. The number of fused-ring (bicyclic) bond motifs is 1. The Labute approximate surface area is 177 Å². The average Bonchev–Trinajstić information content (AvgIpc) is 2.73. The number of halogens is 1. The number of ether oxygens (including phenoxy) is 1. The standard InChI is InChI=1S/C25H19BrO3/c1-17-24(19-9-11-20(26)12-10-19)25(27)22-14-13-21(16-23(22)29-17)28-15-5-8-18-6-3-2-4-7-18/h2-14,16H,15H2,1H3/b8-5+. The van der Waals surface area contributed by atoms with Crippen LogP contribution >= 0.6 is 15.9 Å². The van der Waals surface area contributed by atoms with Gasteiger partial charge in [0.1, 0.15) is 23.7 Å². The van der Waals surface area contributed by atoms with Gasteiger partial charge in [-0.05, 0) is 48.4 Å². The molecule has 0 fully saturated rings. The van der Waals surface area contributed by atoms with E-state index in [0.717, 1.165) is 15.6 Å². The van der Waals surface area contributed by atoms with E-state index in [-0.39, 0.29) is 5.43 Å². The molecule has 0 bridgehead atoms. The minimum absolute atomic E-state index is 0.0402. The molecule has 1 heterocycles. The molecule has 0 spiro atoms. The van der Waals surface area contributed by atoms with E-state index < -0.39 is 0 Å². The molecule has 0 amide bonds. The van der Waals surface area contributed by atoms with E-state index in [1.807, 2.05) is 73.7 Å². The monoisotopic (exact) mass is 446 g/mol. The van der Waals surface area contributed by atoms with E-state index >= 15 is 0 Å². The largest absolute Gasteiger partial charge is 0.489 e. The molecule has 0 radical (unpaired) electrons. The van der Waals surface area contributed by atoms with Gasteiger partial charge >= 0.3 is 0 Å². The smallest absolute Gasteiger partial charge is 0.200 e. The highest BCUT2D eigenvalue weighted by Crippen LogP contribution is 2.27. The summed E-state index contributed by atoms with van der Waals surface area (Å²) in [5.41, 5.74) is 3.04. The highest BCUT2D eigenvalue weighted by atomic mass is 79.9. The third kappa shape index (κ3) is 4.33. The average molecular weight is 447 g/mol. The normalized spacial score (nSPS) is 11.2. The molecule has 29 heavy (non-hydrogen) atoms. The van der Waals surface area contributed by atoms with Gasteiger partial charge in [-0.1, -0.05) is 64.5 Å². The molecule has 4 rings (SSSR count). The fourth-order valence-electron chi connectivity index (χ4n) is 3.22. The van der Waals surface area contributed by atoms with Gasteiger partial charge in [0.15, 0.2) is 0 Å². The van der Waals surface area contributed by atoms with Crippen molar-refractivity contribution in [2.45, 2.75) is 6.92 Å². The van der Waals surface area contributed by atoms with Crippen LogP contribution in [0.3, 0.4) is 0 Å². The van der Waals surface area contributed by atoms with Crippen LogP contribution in [0.2, 0.25) is 0 Å². The highest BCUT2D eigenvalue weighted by Gasteiger charge is 2.14. The Bertz CT molecular complexity index is 1220. The van der Waals surface area contributed by atoms with E-state index in [0.29, 0.717) is 34.6 Å². The fraction of sp³-hybridized carbons (Fsp3) is 0.0800. The number of benzene rings is 3. The Balaban J connectivity index is 1.58. The molecule has 1 aromatic heterocycles. The van der Waals surface area contributed by atoms with Crippen LogP contribution < -0.4 is 10.2 Å². The predicted octanol–water partition coefficient (Wildman–Crippen LogP) is 6.62. The van der Waals surface area contributed by atoms with Gasteiger partial charge in [0.25, 0.3) is 0 Å². The van der Waals surface area contributed by atoms with Crippen LogP contribution in [0.1, 0.15) is 11.3 Å². The summed E-state index contributed by atoms with van der Waals surface area (Å²) in [6.45, 7) is 2.24. The summed E-state index contributed by atoms with van der Waals surface area (Å²) < 4.78 is 12.7. The highest BCUT2D eigenvalue weighted by molar-refractivity contribution is 9.10. The lowest BCUT2D eigenvalue weighted by atomic mass is 10.0. The Morgan fingerprint density at radius 2 is 1.76 bits per heavy atom. The molecule has 0 saturated heterocycles. The number of hydrogen-bond acceptors (Lipinski definition) is 3. The maximum absolute atomic E-state index is 13.0. The van der Waals surface area contributed by atoms with Gasteiger partial charge in [0, 0.05) is 10.5 Å². The van der Waals surface area contributed by atoms with Crippen LogP contribution in [0.5, 0.6) is 5.75 Å². The molecule has 4 aromatic rings. The first-order chi connectivity index (χ1) is 14.1. The van der Waals surface area contributed by atoms with Crippen molar-refractivity contribution in [1.82, 2.24) is 0 Å². The van der Waals surface area contributed by atoms with Gasteiger partial charge < -0.3 is 9.15 Å². The topological polar surface area (TPSA) is 39.4 Å². The van der Waals surface area contributed by atoms with E-state index in [1.165, 1.54) is 0 Å². The number of rotatable bonds is 5. The summed E-state index contributed by atoms with van der Waals surface area (Å²) in [4.78, 5) is 13.0. The molecular formula is C25H19BrO3. The summed E-state index contributed by atoms with van der Waals surface area (Å²) in [5.74, 6) is 1.25. The summed E-state index contributed by atoms with van der Waals surface area (Å²) in [5, 5.41) is 0.542. The second-order valence-electron chi connectivity index (χ2n) is 6.65. The lowest BCUT2D eigenvalue weighted by Crippen LogP contribution is -2.07. The van der Waals surface area contributed by atoms with Crippen LogP contribution in [-0.2, 0) is 0 Å². The molecule has 3 aromatic carbocycles. The number of aryl methyl sites for hydroxylation is 1. The third-order valence-corrected chi connectivity index (χ3v) is 5.16. The third-order valence-electron chi connectivity index (χ3n) is 4.63. The van der Waals surface area contributed by atoms with Crippen molar-refractivity contribution >= 4 is 33.0 Å². The van der Waals surface area contributed by atoms with Gasteiger partial charge in [-0.3, -0.25) is 4.79 Å². The van der Waals surface area contributed by atoms with Gasteiger partial charge in [0.05, 0.1) is 10.9 Å². The number of hydrogen-bond donors (Lipinski definition) is 0. The van der Waals surface area contributed by atoms with Gasteiger partial charge in [-0.15, -0.1) is 0 Å². The second-order valence-corrected chi connectivity index (χ2v) is 7.57. The summed E-state index contributed by atoms with van der Waals surface area (Å²) in [6, 6.07) is 23.0. The van der Waals surface area contributed by atoms with Crippen molar-refractivity contribution in [3.05, 3.63) is 105 Å². The second kappa shape index (κ2) is 8.50. The van der Waals surface area contributed by atoms with E-state index in [2.05, 4.69) is 15.9 Å². The first-order valence-corrected chi connectivity index (χ1v) is 10.1. The molecule has 0 N–H and O–H groups in total. The molecule has 0 aliphatic carbocycles. The van der Waals surface area contributed by atoms with Gasteiger partial charge in [-0.25, -0.2) is 0 Å². The van der Waals surface area contributed by atoms with Crippen molar-refractivity contribution in [2.75, 3.05) is 6.61 Å². The quantitative estimate of drug-likeness (QED) is 0.345. The van der Waals surface area contributed by atoms with Gasteiger partial charge in [-0.2, -0.15) is 0 Å². The summed E-state index contributed by atoms with van der Waals surface area (Å²) in [7, 11) is 0. The molecule has 0 saturated carbocycles. The molecule has 0 atom stereocenters. The predicted molar refractivity (Wildman–Crippen MR) is 121 cm³/mol. The first-order valence-electron chi connectivity index (χ1n) is 9.29. The van der Waals surface area contributed by atoms with Crippen LogP contribution in [0.4, 0.5) is 0 Å². The Hall–Kier alpha value is -3.11. The lowest BCUT2D eigenvalue weighted by molar-refractivity contribution is 0.363. The van der Waals surface area contributed by atoms with Crippen molar-refractivity contribution in [3.63, 3.8) is 0 Å². The minimum atomic E-state index is -0.0402. The molecule has 144 valence electrons. The molecule has 0 aliphatic heterocycles. The summed E-state index contributed by atoms with van der Waals surface area (Å²) >= 11 is 3.42. The van der Waals surface area contributed by atoms with Crippen molar-refractivity contribution in [3.8, 4) is 16.9 Å². The molecule has 0 unspecified atom stereocenters. The van der Waals surface area contributed by atoms with Crippen molar-refractivity contribution in [2.24, 2.45) is 0 Å². The molecule has 4 heteroatoms. The van der Waals surface area contributed by atoms with Crippen molar-refractivity contribution in [1.29, 1.82) is 0 Å². The zero-order valence-electron chi connectivity index (χ0n) is 15.9. The first kappa shape index (κ1) is 19.2. The SMILES string of the molecule is Cc1oc2cc(OC/C=C/c3ccccc3)ccc2c(=O)c1-c1ccc(Br)cc1. The zero-order chi connectivity index (χ0) is 20.2. The van der Waals surface area contributed by atoms with Gasteiger partial charge in [0.2, 0.25) is 5.43 Å². The Kier molecular flexibility index (Phi) is 5.63. The minimum Gasteiger partial charge on any atom is -0.489 e. The van der Waals surface area contributed by atoms with Crippen LogP contribution in [0.25, 0.3) is 28.2 Å². The van der Waals surface area contributed by atoms with Crippen molar-refractivity contribution < 1.29 is 9.15 Å². The van der Waals surface area contributed by atoms with Crippen LogP contribution in [0, 0.1) is 6.92 Å². The van der Waals surface area contributed by atoms with E-state index in [9.17, 15) is 4.79 Å². The van der Waals surface area contributed by atoms with Crippen LogP contribution in [-0.4, -0.2) is 6.61 Å². The van der Waals surface area contributed by atoms with Crippen LogP contribution in [0.15, 0.2) is 92.6 Å². The lowest BCUT2D eigenvalue weighted by Gasteiger charge is -2.09. The molecule has 0 aliphatic rings. The maximum atomic E-state index is 13.0. The maximum Gasteiger partial charge on any atom is 0.200 e. The van der Waals surface area contributed by atoms with E-state index in [1.54, 1.807) is 18.2 Å². The fourth-order valence-corrected chi connectivity index (χ4v) is 3.48. The Morgan fingerprint density at radius 3 is 2.52 bits per heavy atom. The Morgan fingerprint density at radius 1 is 1.00 bits per heavy atom. The molecular weight excluding hydrogens is 428 g/mol. The summed E-state index contributed by atoms with van der Waals surface area (Å²) in [6.07, 6.45) is 3.97.